The van der Waals surface area contributed by atoms with E-state index >= 15 is 0 Å². The minimum atomic E-state index is 0.437. The molecule has 0 aliphatic heterocycles. The van der Waals surface area contributed by atoms with Crippen LogP contribution in [-0.2, 0) is 0 Å². The third-order valence-corrected chi connectivity index (χ3v) is 10.2. The molecular weight excluding hydrogens is 727 g/mol. The van der Waals surface area contributed by atoms with Crippen molar-refractivity contribution in [2.24, 2.45) is 0 Å². The molecule has 3 aromatic heterocycles. The van der Waals surface area contributed by atoms with Crippen LogP contribution in [0.4, 0.5) is 0 Å². The van der Waals surface area contributed by atoms with Gasteiger partial charge in [-0.1, -0.05) is 127 Å². The van der Waals surface area contributed by atoms with E-state index < -0.39 is 0 Å². The van der Waals surface area contributed by atoms with Gasteiger partial charge in [0, 0.05) is 44.2 Å². The summed E-state index contributed by atoms with van der Waals surface area (Å²) in [5, 5.41) is 21.6. The summed E-state index contributed by atoms with van der Waals surface area (Å²) in [5.74, 6) is 2.94. The topological polar surface area (TPSA) is 130 Å². The number of nitrogens with zero attached hydrogens (tertiary/aromatic N) is 9. The molecule has 0 fully saturated rings. The lowest BCUT2D eigenvalue weighted by Gasteiger charge is -2.19. The van der Waals surface area contributed by atoms with Crippen LogP contribution in [0.1, 0.15) is 11.1 Å². The van der Waals surface area contributed by atoms with Crippen molar-refractivity contribution in [3.8, 4) is 86.2 Å². The Bertz CT molecular complexity index is 2950. The number of aromatic nitrogens is 7. The zero-order valence-corrected chi connectivity index (χ0v) is 31.3. The third-order valence-electron chi connectivity index (χ3n) is 10.2. The summed E-state index contributed by atoms with van der Waals surface area (Å²) in [6.07, 6.45) is 0. The molecule has 7 aromatic carbocycles. The highest BCUT2D eigenvalue weighted by atomic mass is 15.1. The maximum Gasteiger partial charge on any atom is 0.166 e. The van der Waals surface area contributed by atoms with Crippen molar-refractivity contribution < 1.29 is 0 Å². The molecule has 0 radical (unpaired) electrons. The van der Waals surface area contributed by atoms with Crippen LogP contribution in [0.2, 0.25) is 0 Å². The predicted octanol–water partition coefficient (Wildman–Crippen LogP) is 10.9. The first-order valence-corrected chi connectivity index (χ1v) is 18.9. The maximum absolute atomic E-state index is 10.0. The maximum atomic E-state index is 10.0. The zero-order chi connectivity index (χ0) is 39.7. The van der Waals surface area contributed by atoms with Crippen molar-refractivity contribution in [2.75, 3.05) is 0 Å². The second kappa shape index (κ2) is 14.8. The normalized spacial score (nSPS) is 11.0. The number of fused-ring (bicyclic) bond motifs is 3. The Balaban J connectivity index is 1.34. The van der Waals surface area contributed by atoms with Crippen LogP contribution in [0.3, 0.4) is 0 Å². The highest BCUT2D eigenvalue weighted by Gasteiger charge is 2.25. The minimum absolute atomic E-state index is 0.437. The quantitative estimate of drug-likeness (QED) is 0.157. The largest absolute Gasteiger partial charge is 0.308 e. The van der Waals surface area contributed by atoms with Crippen molar-refractivity contribution in [3.05, 3.63) is 187 Å². The van der Waals surface area contributed by atoms with Crippen LogP contribution in [0.5, 0.6) is 0 Å². The molecule has 9 nitrogen and oxygen atoms in total. The van der Waals surface area contributed by atoms with Crippen LogP contribution in [0.25, 0.3) is 95.8 Å². The molecule has 59 heavy (non-hydrogen) atoms. The van der Waals surface area contributed by atoms with Gasteiger partial charge < -0.3 is 4.57 Å². The van der Waals surface area contributed by atoms with Crippen molar-refractivity contribution >= 4 is 21.8 Å². The fourth-order valence-electron chi connectivity index (χ4n) is 7.41. The van der Waals surface area contributed by atoms with Gasteiger partial charge in [0.1, 0.15) is 0 Å². The monoisotopic (exact) mass is 755 g/mol. The predicted molar refractivity (Wildman–Crippen MR) is 230 cm³/mol. The first kappa shape index (κ1) is 34.8. The number of hydrogen-bond acceptors (Lipinski definition) is 8. The molecule has 0 spiro atoms. The van der Waals surface area contributed by atoms with E-state index in [1.54, 1.807) is 12.1 Å². The Hall–Kier alpha value is -8.66. The Morgan fingerprint density at radius 3 is 0.983 bits per heavy atom. The average Bonchev–Trinajstić information content (AvgIpc) is 3.64. The van der Waals surface area contributed by atoms with Gasteiger partial charge in [-0.2, -0.15) is 10.5 Å². The van der Waals surface area contributed by atoms with Crippen molar-refractivity contribution in [3.63, 3.8) is 0 Å². The lowest BCUT2D eigenvalue weighted by atomic mass is 10.0. The molecule has 0 atom stereocenters. The standard InChI is InChI=1S/C50H29N9/c51-30-32-24-26-42-40(28-32)41-29-33(31-52)25-27-43(41)59(42)44-38(49-55-45(34-14-5-1-6-15-34)53-46(56-49)35-16-7-2-8-17-35)22-13-23-39(44)50-57-47(36-18-9-3-10-19-36)54-48(58-50)37-20-11-4-12-21-37/h1-29H. The van der Waals surface area contributed by atoms with E-state index in [-0.39, 0.29) is 0 Å². The summed E-state index contributed by atoms with van der Waals surface area (Å²) in [7, 11) is 0. The van der Waals surface area contributed by atoms with E-state index in [2.05, 4.69) is 16.7 Å². The summed E-state index contributed by atoms with van der Waals surface area (Å²) in [4.78, 5) is 30.7. The van der Waals surface area contributed by atoms with Crippen molar-refractivity contribution in [1.82, 2.24) is 34.5 Å². The Labute approximate surface area is 338 Å². The molecule has 274 valence electrons. The smallest absolute Gasteiger partial charge is 0.166 e. The molecule has 10 aromatic rings. The molecule has 10 rings (SSSR count). The lowest BCUT2D eigenvalue weighted by Crippen LogP contribution is -2.07. The first-order chi connectivity index (χ1) is 29.1. The lowest BCUT2D eigenvalue weighted by molar-refractivity contribution is 1.05. The van der Waals surface area contributed by atoms with Gasteiger partial charge in [-0.05, 0) is 48.5 Å². The van der Waals surface area contributed by atoms with Crippen molar-refractivity contribution in [2.45, 2.75) is 0 Å². The number of benzene rings is 7. The van der Waals surface area contributed by atoms with Gasteiger partial charge in [-0.15, -0.1) is 0 Å². The van der Waals surface area contributed by atoms with Gasteiger partial charge in [0.05, 0.1) is 40.0 Å². The minimum Gasteiger partial charge on any atom is -0.308 e. The van der Waals surface area contributed by atoms with Crippen LogP contribution < -0.4 is 0 Å². The zero-order valence-electron chi connectivity index (χ0n) is 31.3. The summed E-state index contributed by atoms with van der Waals surface area (Å²) < 4.78 is 2.14. The molecule has 0 unspecified atom stereocenters. The van der Waals surface area contributed by atoms with Crippen LogP contribution in [-0.4, -0.2) is 34.5 Å². The number of hydrogen-bond donors (Lipinski definition) is 0. The fraction of sp³-hybridized carbons (Fsp3) is 0. The van der Waals surface area contributed by atoms with Gasteiger partial charge in [0.2, 0.25) is 0 Å². The molecule has 3 heterocycles. The molecule has 0 N–H and O–H groups in total. The molecule has 0 saturated carbocycles. The molecule has 0 amide bonds. The highest BCUT2D eigenvalue weighted by Crippen LogP contribution is 2.41. The van der Waals surface area contributed by atoms with E-state index in [1.165, 1.54) is 0 Å². The van der Waals surface area contributed by atoms with Crippen LogP contribution >= 0.6 is 0 Å². The average molecular weight is 756 g/mol. The van der Waals surface area contributed by atoms with Gasteiger partial charge >= 0.3 is 0 Å². The van der Waals surface area contributed by atoms with Gasteiger partial charge in [-0.3, -0.25) is 0 Å². The van der Waals surface area contributed by atoms with Crippen LogP contribution in [0.15, 0.2) is 176 Å². The number of para-hydroxylation sites is 1. The van der Waals surface area contributed by atoms with E-state index in [0.29, 0.717) is 62.9 Å². The molecule has 0 aliphatic rings. The summed E-state index contributed by atoms with van der Waals surface area (Å²) >= 11 is 0. The Morgan fingerprint density at radius 1 is 0.339 bits per heavy atom. The van der Waals surface area contributed by atoms with Gasteiger partial charge in [-0.25, -0.2) is 29.9 Å². The molecular formula is C50H29N9. The van der Waals surface area contributed by atoms with E-state index in [0.717, 1.165) is 44.1 Å². The van der Waals surface area contributed by atoms with E-state index in [9.17, 15) is 10.5 Å². The van der Waals surface area contributed by atoms with Crippen LogP contribution in [0, 0.1) is 22.7 Å². The third kappa shape index (κ3) is 6.41. The fourth-order valence-corrected chi connectivity index (χ4v) is 7.41. The Morgan fingerprint density at radius 2 is 0.661 bits per heavy atom. The van der Waals surface area contributed by atoms with E-state index in [1.807, 2.05) is 164 Å². The van der Waals surface area contributed by atoms with Gasteiger partial charge in [0.15, 0.2) is 34.9 Å². The highest BCUT2D eigenvalue weighted by molar-refractivity contribution is 6.11. The first-order valence-electron chi connectivity index (χ1n) is 18.9. The van der Waals surface area contributed by atoms with Crippen molar-refractivity contribution in [1.29, 1.82) is 10.5 Å². The van der Waals surface area contributed by atoms with Gasteiger partial charge in [0.25, 0.3) is 0 Å². The molecule has 0 bridgehead atoms. The number of rotatable bonds is 7. The summed E-state index contributed by atoms with van der Waals surface area (Å²) in [6.45, 7) is 0. The SMILES string of the molecule is N#Cc1ccc2c(c1)c1cc(C#N)ccc1n2-c1c(-c2nc(-c3ccccc3)nc(-c3ccccc3)n2)cccc1-c1nc(-c2ccccc2)nc(-c2ccccc2)n1. The van der Waals surface area contributed by atoms with E-state index in [4.69, 9.17) is 29.9 Å². The Kier molecular flexibility index (Phi) is 8.71. The second-order valence-corrected chi connectivity index (χ2v) is 13.8. The number of nitriles is 2. The summed E-state index contributed by atoms with van der Waals surface area (Å²) in [6, 6.07) is 61.2. The molecule has 0 saturated heterocycles. The molecule has 9 heteroatoms. The second-order valence-electron chi connectivity index (χ2n) is 13.8. The molecule has 0 aliphatic carbocycles. The summed E-state index contributed by atoms with van der Waals surface area (Å²) in [5.41, 5.74) is 8.07.